The second-order valence-corrected chi connectivity index (χ2v) is 5.99. The Balaban J connectivity index is 2.35. The molecule has 1 aliphatic heterocycles. The maximum atomic E-state index is 12.2. The van der Waals surface area contributed by atoms with E-state index in [0.717, 1.165) is 0 Å². The van der Waals surface area contributed by atoms with E-state index in [9.17, 15) is 14.4 Å². The van der Waals surface area contributed by atoms with Crippen LogP contribution in [0.2, 0.25) is 0 Å². The average Bonchev–Trinajstić information content (AvgIpc) is 2.81. The van der Waals surface area contributed by atoms with Crippen LogP contribution >= 0.6 is 15.9 Å². The van der Waals surface area contributed by atoms with E-state index in [4.69, 9.17) is 14.6 Å². The van der Waals surface area contributed by atoms with Crippen LogP contribution in [0.5, 0.6) is 11.5 Å². The number of amides is 3. The number of nitrogens with zero attached hydrogens (tertiary/aromatic N) is 1. The molecule has 0 aliphatic carbocycles. The fourth-order valence-corrected chi connectivity index (χ4v) is 2.81. The Morgan fingerprint density at radius 2 is 2.12 bits per heavy atom. The minimum absolute atomic E-state index is 0.0228. The van der Waals surface area contributed by atoms with Crippen molar-refractivity contribution in [3.8, 4) is 11.5 Å². The number of hydrogen-bond donors (Lipinski definition) is 2. The smallest absolute Gasteiger partial charge is 0.329 e. The van der Waals surface area contributed by atoms with E-state index < -0.39 is 24.5 Å². The predicted molar refractivity (Wildman–Crippen MR) is 96.9 cm³/mol. The summed E-state index contributed by atoms with van der Waals surface area (Å²) in [6.45, 7) is 5.40. The highest BCUT2D eigenvalue weighted by molar-refractivity contribution is 9.10. The Morgan fingerprint density at radius 1 is 1.38 bits per heavy atom. The third-order valence-corrected chi connectivity index (χ3v) is 3.83. The van der Waals surface area contributed by atoms with Gasteiger partial charge in [0.2, 0.25) is 0 Å². The number of carboxylic acid groups (broad SMARTS) is 1. The lowest BCUT2D eigenvalue weighted by Gasteiger charge is -2.13. The number of carboxylic acids is 1. The molecule has 1 heterocycles. The average molecular weight is 425 g/mol. The summed E-state index contributed by atoms with van der Waals surface area (Å²) in [6.07, 6.45) is 3.04. The summed E-state index contributed by atoms with van der Waals surface area (Å²) in [4.78, 5) is 35.3. The maximum absolute atomic E-state index is 12.2. The van der Waals surface area contributed by atoms with Crippen molar-refractivity contribution in [2.24, 2.45) is 0 Å². The molecule has 0 radical (unpaired) electrons. The predicted octanol–water partition coefficient (Wildman–Crippen LogP) is 2.39. The lowest BCUT2D eigenvalue weighted by Crippen LogP contribution is -2.35. The summed E-state index contributed by atoms with van der Waals surface area (Å²) in [5, 5.41) is 11.1. The molecule has 1 aliphatic rings. The highest BCUT2D eigenvalue weighted by atomic mass is 79.9. The molecule has 26 heavy (non-hydrogen) atoms. The molecule has 1 fully saturated rings. The SMILES string of the molecule is C=CCOc1c(Br)cc(/C=C2/NC(=O)N(CC(=O)O)C2=O)cc1OCC. The number of carbonyl (C=O) groups excluding carboxylic acids is 2. The standard InChI is InChI=1S/C17H17BrN2O6/c1-3-5-26-15-11(18)6-10(8-13(15)25-4-2)7-12-16(23)20(9-14(21)22)17(24)19-12/h3,6-8H,1,4-5,9H2,2H3,(H,19,24)(H,21,22)/b12-7+. The molecule has 0 unspecified atom stereocenters. The van der Waals surface area contributed by atoms with E-state index in [-0.39, 0.29) is 12.3 Å². The van der Waals surface area contributed by atoms with Crippen molar-refractivity contribution in [1.29, 1.82) is 0 Å². The van der Waals surface area contributed by atoms with Gasteiger partial charge in [0, 0.05) is 0 Å². The zero-order valence-electron chi connectivity index (χ0n) is 14.0. The number of imide groups is 1. The van der Waals surface area contributed by atoms with Gasteiger partial charge in [-0.05, 0) is 46.6 Å². The van der Waals surface area contributed by atoms with Crippen molar-refractivity contribution >= 4 is 39.9 Å². The van der Waals surface area contributed by atoms with Crippen molar-refractivity contribution in [3.05, 3.63) is 40.5 Å². The molecule has 2 N–H and O–H groups in total. The molecule has 8 nitrogen and oxygen atoms in total. The summed E-state index contributed by atoms with van der Waals surface area (Å²) in [5.41, 5.74) is 0.539. The van der Waals surface area contributed by atoms with Crippen molar-refractivity contribution in [2.45, 2.75) is 6.92 Å². The molecule has 0 bridgehead atoms. The van der Waals surface area contributed by atoms with Crippen molar-refractivity contribution in [3.63, 3.8) is 0 Å². The number of rotatable bonds is 8. The third-order valence-electron chi connectivity index (χ3n) is 3.24. The van der Waals surface area contributed by atoms with Crippen LogP contribution in [0, 0.1) is 0 Å². The van der Waals surface area contributed by atoms with Crippen LogP contribution in [0.4, 0.5) is 4.79 Å². The Labute approximate surface area is 158 Å². The summed E-state index contributed by atoms with van der Waals surface area (Å²) in [5.74, 6) is -1.05. The topological polar surface area (TPSA) is 105 Å². The first-order chi connectivity index (χ1) is 12.4. The summed E-state index contributed by atoms with van der Waals surface area (Å²) >= 11 is 3.39. The van der Waals surface area contributed by atoms with Crippen LogP contribution < -0.4 is 14.8 Å². The van der Waals surface area contributed by atoms with Crippen molar-refractivity contribution < 1.29 is 29.0 Å². The van der Waals surface area contributed by atoms with Crippen LogP contribution in [-0.4, -0.2) is 47.7 Å². The fraction of sp³-hybridized carbons (Fsp3) is 0.235. The van der Waals surface area contributed by atoms with Gasteiger partial charge >= 0.3 is 12.0 Å². The molecule has 3 amide bonds. The first kappa shape index (κ1) is 19.5. The number of carbonyl (C=O) groups is 3. The molecule has 0 spiro atoms. The minimum atomic E-state index is -1.28. The Hall–Kier alpha value is -2.81. The number of aliphatic carboxylic acids is 1. The zero-order valence-corrected chi connectivity index (χ0v) is 15.5. The highest BCUT2D eigenvalue weighted by Crippen LogP contribution is 2.37. The monoisotopic (exact) mass is 424 g/mol. The molecular formula is C17H17BrN2O6. The quantitative estimate of drug-likeness (QED) is 0.377. The van der Waals surface area contributed by atoms with Crippen LogP contribution in [0.3, 0.4) is 0 Å². The first-order valence-electron chi connectivity index (χ1n) is 7.63. The van der Waals surface area contributed by atoms with E-state index in [1.807, 2.05) is 6.92 Å². The van der Waals surface area contributed by atoms with Gasteiger partial charge in [-0.3, -0.25) is 9.59 Å². The fourth-order valence-electron chi connectivity index (χ4n) is 2.23. The zero-order chi connectivity index (χ0) is 19.3. The number of ether oxygens (including phenoxy) is 2. The molecule has 9 heteroatoms. The van der Waals surface area contributed by atoms with Gasteiger partial charge in [0.25, 0.3) is 5.91 Å². The first-order valence-corrected chi connectivity index (χ1v) is 8.43. The van der Waals surface area contributed by atoms with Crippen molar-refractivity contribution in [2.75, 3.05) is 19.8 Å². The molecule has 1 aromatic carbocycles. The van der Waals surface area contributed by atoms with E-state index in [1.54, 1.807) is 18.2 Å². The summed E-state index contributed by atoms with van der Waals surface area (Å²) in [7, 11) is 0. The van der Waals surface area contributed by atoms with Gasteiger partial charge in [-0.2, -0.15) is 0 Å². The Morgan fingerprint density at radius 3 is 2.73 bits per heavy atom. The molecule has 138 valence electrons. The van der Waals surface area contributed by atoms with E-state index in [1.165, 1.54) is 6.08 Å². The van der Waals surface area contributed by atoms with Gasteiger partial charge in [-0.25, -0.2) is 9.69 Å². The van der Waals surface area contributed by atoms with Gasteiger partial charge in [0.1, 0.15) is 18.8 Å². The van der Waals surface area contributed by atoms with E-state index in [0.29, 0.717) is 33.0 Å². The van der Waals surface area contributed by atoms with E-state index >= 15 is 0 Å². The van der Waals surface area contributed by atoms with Crippen LogP contribution in [0.25, 0.3) is 6.08 Å². The lowest BCUT2D eigenvalue weighted by atomic mass is 10.1. The number of hydrogen-bond acceptors (Lipinski definition) is 5. The summed E-state index contributed by atoms with van der Waals surface area (Å²) in [6, 6.07) is 2.56. The van der Waals surface area contributed by atoms with Gasteiger partial charge in [0.15, 0.2) is 11.5 Å². The molecule has 0 saturated carbocycles. The number of nitrogens with one attached hydrogen (secondary N) is 1. The highest BCUT2D eigenvalue weighted by Gasteiger charge is 2.34. The van der Waals surface area contributed by atoms with Gasteiger partial charge in [0.05, 0.1) is 11.1 Å². The third kappa shape index (κ3) is 4.42. The maximum Gasteiger partial charge on any atom is 0.329 e. The normalized spacial score (nSPS) is 15.2. The number of halogens is 1. The van der Waals surface area contributed by atoms with Gasteiger partial charge in [-0.1, -0.05) is 12.7 Å². The second-order valence-electron chi connectivity index (χ2n) is 5.14. The van der Waals surface area contributed by atoms with Crippen molar-refractivity contribution in [1.82, 2.24) is 10.2 Å². The Kier molecular flexibility index (Phi) is 6.40. The lowest BCUT2D eigenvalue weighted by molar-refractivity contribution is -0.140. The number of urea groups is 1. The van der Waals surface area contributed by atoms with Crippen LogP contribution in [0.15, 0.2) is 35.0 Å². The molecule has 0 atom stereocenters. The Bertz CT molecular complexity index is 790. The summed E-state index contributed by atoms with van der Waals surface area (Å²) < 4.78 is 11.7. The molecule has 1 aromatic rings. The van der Waals surface area contributed by atoms with E-state index in [2.05, 4.69) is 27.8 Å². The van der Waals surface area contributed by atoms with Crippen LogP contribution in [-0.2, 0) is 9.59 Å². The van der Waals surface area contributed by atoms with Crippen LogP contribution in [0.1, 0.15) is 12.5 Å². The largest absolute Gasteiger partial charge is 0.490 e. The molecule has 1 saturated heterocycles. The molecule has 0 aromatic heterocycles. The number of benzene rings is 1. The van der Waals surface area contributed by atoms with Gasteiger partial charge < -0.3 is 19.9 Å². The molecule has 2 rings (SSSR count). The minimum Gasteiger partial charge on any atom is -0.490 e. The molecular weight excluding hydrogens is 408 g/mol. The second kappa shape index (κ2) is 8.52. The van der Waals surface area contributed by atoms with Gasteiger partial charge in [-0.15, -0.1) is 0 Å².